The number of nitrogens with one attached hydrogen (secondary N) is 1. The SMILES string of the molecule is N#Cc1ccnc(N2C(=O)CC[C@H]2C(=O)N(c2cccc(C3CCC3)c2)[C@H](C(=O)NC2CC(F)(F)C2)c2ccccc2Cl)n1. The van der Waals surface area contributed by atoms with Crippen LogP contribution >= 0.6 is 11.6 Å². The van der Waals surface area contributed by atoms with Gasteiger partial charge in [0.25, 0.3) is 11.8 Å². The van der Waals surface area contributed by atoms with Crippen LogP contribution in [0.4, 0.5) is 20.4 Å². The second kappa shape index (κ2) is 11.9. The number of hydrogen-bond acceptors (Lipinski definition) is 6. The largest absolute Gasteiger partial charge is 0.351 e. The van der Waals surface area contributed by atoms with E-state index >= 15 is 0 Å². The van der Waals surface area contributed by atoms with E-state index in [1.807, 2.05) is 24.3 Å². The summed E-state index contributed by atoms with van der Waals surface area (Å²) in [6, 6.07) is 14.0. The van der Waals surface area contributed by atoms with Gasteiger partial charge < -0.3 is 5.32 Å². The number of hydrogen-bond donors (Lipinski definition) is 1. The van der Waals surface area contributed by atoms with Gasteiger partial charge in [0.1, 0.15) is 23.8 Å². The molecule has 3 aromatic rings. The van der Waals surface area contributed by atoms with Crippen molar-refractivity contribution in [3.05, 3.63) is 82.6 Å². The third kappa shape index (κ3) is 5.74. The summed E-state index contributed by atoms with van der Waals surface area (Å²) in [4.78, 5) is 52.8. The molecule has 0 radical (unpaired) electrons. The van der Waals surface area contributed by atoms with Crippen molar-refractivity contribution >= 4 is 41.0 Å². The molecule has 3 amide bonds. The van der Waals surface area contributed by atoms with Crippen molar-refractivity contribution < 1.29 is 23.2 Å². The monoisotopic (exact) mass is 618 g/mol. The number of carbonyl (C=O) groups is 3. The van der Waals surface area contributed by atoms with Gasteiger partial charge in [-0.05, 0) is 55.0 Å². The molecule has 44 heavy (non-hydrogen) atoms. The fraction of sp³-hybridized carbons (Fsp3) is 0.375. The lowest BCUT2D eigenvalue weighted by Crippen LogP contribution is -2.56. The Balaban J connectivity index is 1.46. The van der Waals surface area contributed by atoms with Crippen molar-refractivity contribution in [2.75, 3.05) is 9.80 Å². The summed E-state index contributed by atoms with van der Waals surface area (Å²) in [5, 5.41) is 12.3. The summed E-state index contributed by atoms with van der Waals surface area (Å²) in [5.41, 5.74) is 1.74. The van der Waals surface area contributed by atoms with E-state index in [1.54, 1.807) is 30.3 Å². The fourth-order valence-electron chi connectivity index (χ4n) is 6.07. The zero-order chi connectivity index (χ0) is 31.0. The maximum Gasteiger partial charge on any atom is 0.252 e. The molecule has 1 aromatic heterocycles. The van der Waals surface area contributed by atoms with Crippen LogP contribution in [0.5, 0.6) is 0 Å². The minimum atomic E-state index is -2.87. The van der Waals surface area contributed by atoms with Crippen LogP contribution < -0.4 is 15.1 Å². The van der Waals surface area contributed by atoms with Gasteiger partial charge in [0.2, 0.25) is 17.8 Å². The average molecular weight is 619 g/mol. The Morgan fingerprint density at radius 3 is 2.57 bits per heavy atom. The summed E-state index contributed by atoms with van der Waals surface area (Å²) >= 11 is 6.63. The number of benzene rings is 2. The molecular formula is C32H29ClF2N6O3. The first-order valence-electron chi connectivity index (χ1n) is 14.6. The van der Waals surface area contributed by atoms with E-state index in [0.717, 1.165) is 24.8 Å². The molecule has 12 heteroatoms. The smallest absolute Gasteiger partial charge is 0.252 e. The van der Waals surface area contributed by atoms with Crippen molar-refractivity contribution in [2.24, 2.45) is 0 Å². The van der Waals surface area contributed by atoms with Gasteiger partial charge in [0.05, 0.1) is 0 Å². The Hall–Kier alpha value is -4.43. The van der Waals surface area contributed by atoms with Crippen LogP contribution in [0.3, 0.4) is 0 Å². The lowest BCUT2D eigenvalue weighted by molar-refractivity contribution is -0.133. The first kappa shape index (κ1) is 29.6. The van der Waals surface area contributed by atoms with Crippen molar-refractivity contribution in [2.45, 2.75) is 74.9 Å². The Labute approximate surface area is 257 Å². The van der Waals surface area contributed by atoms with Crippen molar-refractivity contribution in [3.8, 4) is 6.07 Å². The molecule has 2 saturated carbocycles. The van der Waals surface area contributed by atoms with Crippen molar-refractivity contribution in [1.29, 1.82) is 5.26 Å². The minimum absolute atomic E-state index is 0.0205. The fourth-order valence-corrected chi connectivity index (χ4v) is 6.31. The topological polar surface area (TPSA) is 119 Å². The van der Waals surface area contributed by atoms with Gasteiger partial charge in [-0.3, -0.25) is 24.2 Å². The van der Waals surface area contributed by atoms with Gasteiger partial charge in [-0.15, -0.1) is 0 Å². The summed E-state index contributed by atoms with van der Waals surface area (Å²) in [5.74, 6) is -4.32. The van der Waals surface area contributed by atoms with Crippen LogP contribution in [0.2, 0.25) is 5.02 Å². The molecule has 3 aliphatic rings. The predicted octanol–water partition coefficient (Wildman–Crippen LogP) is 5.45. The molecule has 2 atom stereocenters. The second-order valence-corrected chi connectivity index (χ2v) is 11.9. The van der Waals surface area contributed by atoms with Gasteiger partial charge in [-0.25, -0.2) is 18.7 Å². The molecule has 6 rings (SSSR count). The molecule has 0 unspecified atom stereocenters. The maximum atomic E-state index is 14.8. The highest BCUT2D eigenvalue weighted by atomic mass is 35.5. The van der Waals surface area contributed by atoms with Gasteiger partial charge >= 0.3 is 0 Å². The lowest BCUT2D eigenvalue weighted by atomic mass is 9.80. The number of aromatic nitrogens is 2. The highest BCUT2D eigenvalue weighted by molar-refractivity contribution is 6.31. The molecule has 1 N–H and O–H groups in total. The number of amides is 3. The number of carbonyl (C=O) groups excluding carboxylic acids is 3. The number of nitrogens with zero attached hydrogens (tertiary/aromatic N) is 5. The first-order chi connectivity index (χ1) is 21.1. The summed E-state index contributed by atoms with van der Waals surface area (Å²) in [6.07, 6.45) is 3.55. The van der Waals surface area contributed by atoms with E-state index in [4.69, 9.17) is 11.6 Å². The number of alkyl halides is 2. The molecule has 2 aliphatic carbocycles. The van der Waals surface area contributed by atoms with Crippen LogP contribution in [0.25, 0.3) is 0 Å². The molecule has 3 fully saturated rings. The molecular weight excluding hydrogens is 590 g/mol. The van der Waals surface area contributed by atoms with E-state index in [9.17, 15) is 28.4 Å². The van der Waals surface area contributed by atoms with Crippen molar-refractivity contribution in [1.82, 2.24) is 15.3 Å². The van der Waals surface area contributed by atoms with Crippen LogP contribution in [-0.2, 0) is 14.4 Å². The Morgan fingerprint density at radius 2 is 1.89 bits per heavy atom. The Morgan fingerprint density at radius 1 is 1.11 bits per heavy atom. The third-order valence-electron chi connectivity index (χ3n) is 8.58. The standard InChI is InChI=1S/C32H29ClF2N6O3/c33-25-10-2-1-9-24(25)28(29(43)38-22-16-32(34,35)17-22)40(23-8-4-7-20(15-23)19-5-3-6-19)30(44)26-11-12-27(42)41(26)31-37-14-13-21(18-36)39-31/h1-2,4,7-10,13-15,19,22,26,28H,3,5-6,11-12,16-17H2,(H,38,43)/t26-,28-/m0/s1. The Kier molecular flexibility index (Phi) is 8.03. The highest BCUT2D eigenvalue weighted by Crippen LogP contribution is 2.41. The number of nitriles is 1. The van der Waals surface area contributed by atoms with Gasteiger partial charge in [0.15, 0.2) is 0 Å². The molecule has 2 aromatic carbocycles. The van der Waals surface area contributed by atoms with E-state index in [0.29, 0.717) is 17.2 Å². The number of rotatable bonds is 8. The van der Waals surface area contributed by atoms with E-state index in [-0.39, 0.29) is 29.5 Å². The van der Waals surface area contributed by atoms with E-state index < -0.39 is 54.6 Å². The number of halogens is 3. The normalized spacial score (nSPS) is 20.3. The quantitative estimate of drug-likeness (QED) is 0.358. The third-order valence-corrected chi connectivity index (χ3v) is 8.92. The van der Waals surface area contributed by atoms with E-state index in [2.05, 4.69) is 15.3 Å². The Bertz CT molecular complexity index is 1650. The zero-order valence-electron chi connectivity index (χ0n) is 23.6. The number of anilines is 2. The minimum Gasteiger partial charge on any atom is -0.351 e. The molecule has 226 valence electrons. The van der Waals surface area contributed by atoms with Crippen molar-refractivity contribution in [3.63, 3.8) is 0 Å². The van der Waals surface area contributed by atoms with Gasteiger partial charge in [0, 0.05) is 47.8 Å². The summed E-state index contributed by atoms with van der Waals surface area (Å²) in [7, 11) is 0. The van der Waals surface area contributed by atoms with Gasteiger partial charge in [-0.2, -0.15) is 5.26 Å². The van der Waals surface area contributed by atoms with Gasteiger partial charge in [-0.1, -0.05) is 48.4 Å². The van der Waals surface area contributed by atoms with Crippen LogP contribution in [0.15, 0.2) is 60.8 Å². The zero-order valence-corrected chi connectivity index (χ0v) is 24.4. The molecule has 9 nitrogen and oxygen atoms in total. The van der Waals surface area contributed by atoms with Crippen LogP contribution in [0.1, 0.15) is 73.7 Å². The molecule has 1 aliphatic heterocycles. The molecule has 1 saturated heterocycles. The summed E-state index contributed by atoms with van der Waals surface area (Å²) < 4.78 is 27.5. The summed E-state index contributed by atoms with van der Waals surface area (Å²) in [6.45, 7) is 0. The van der Waals surface area contributed by atoms with E-state index in [1.165, 1.54) is 22.1 Å². The lowest BCUT2D eigenvalue weighted by Gasteiger charge is -2.39. The first-order valence-corrected chi connectivity index (χ1v) is 14.9. The highest BCUT2D eigenvalue weighted by Gasteiger charge is 2.49. The van der Waals surface area contributed by atoms with Crippen LogP contribution in [-0.4, -0.2) is 45.7 Å². The second-order valence-electron chi connectivity index (χ2n) is 11.5. The molecule has 0 bridgehead atoms. The molecule has 2 heterocycles. The average Bonchev–Trinajstić information content (AvgIpc) is 3.35. The predicted molar refractivity (Wildman–Crippen MR) is 158 cm³/mol. The van der Waals surface area contributed by atoms with Crippen LogP contribution in [0, 0.1) is 11.3 Å². The maximum absolute atomic E-state index is 14.8. The molecule has 0 spiro atoms.